The van der Waals surface area contributed by atoms with Crippen molar-refractivity contribution in [2.24, 2.45) is 5.73 Å². The SMILES string of the molecule is COC(=O)c1nc(C(F)F)c(CN)cc1Br. The molecule has 1 rings (SSSR count). The van der Waals surface area contributed by atoms with Gasteiger partial charge in [0.15, 0.2) is 5.69 Å². The molecule has 1 heterocycles. The van der Waals surface area contributed by atoms with Gasteiger partial charge in [0, 0.05) is 6.54 Å². The molecule has 7 heteroatoms. The Morgan fingerprint density at radius 2 is 2.31 bits per heavy atom. The summed E-state index contributed by atoms with van der Waals surface area (Å²) in [5.74, 6) is -0.780. The molecule has 16 heavy (non-hydrogen) atoms. The number of ether oxygens (including phenoxy) is 1. The molecule has 1 aromatic rings. The van der Waals surface area contributed by atoms with E-state index in [0.717, 1.165) is 7.11 Å². The second kappa shape index (κ2) is 5.31. The number of rotatable bonds is 3. The van der Waals surface area contributed by atoms with E-state index in [2.05, 4.69) is 25.7 Å². The molecule has 0 spiro atoms. The van der Waals surface area contributed by atoms with Crippen molar-refractivity contribution in [1.29, 1.82) is 0 Å². The van der Waals surface area contributed by atoms with Crippen LogP contribution in [0.3, 0.4) is 0 Å². The number of carbonyl (C=O) groups is 1. The number of carbonyl (C=O) groups excluding carboxylic acids is 1. The van der Waals surface area contributed by atoms with E-state index in [9.17, 15) is 13.6 Å². The zero-order valence-electron chi connectivity index (χ0n) is 8.34. The van der Waals surface area contributed by atoms with Gasteiger partial charge in [-0.2, -0.15) is 0 Å². The second-order valence-electron chi connectivity index (χ2n) is 2.86. The maximum atomic E-state index is 12.6. The molecule has 2 N–H and O–H groups in total. The highest BCUT2D eigenvalue weighted by atomic mass is 79.9. The summed E-state index contributed by atoms with van der Waals surface area (Å²) >= 11 is 3.05. The van der Waals surface area contributed by atoms with Crippen LogP contribution in [0.2, 0.25) is 0 Å². The van der Waals surface area contributed by atoms with Crippen LogP contribution in [0.25, 0.3) is 0 Å². The fourth-order valence-corrected chi connectivity index (χ4v) is 1.66. The summed E-state index contributed by atoms with van der Waals surface area (Å²) in [7, 11) is 1.15. The van der Waals surface area contributed by atoms with Crippen molar-refractivity contribution in [3.05, 3.63) is 27.5 Å². The quantitative estimate of drug-likeness (QED) is 0.866. The molecule has 1 aromatic heterocycles. The molecule has 0 fully saturated rings. The van der Waals surface area contributed by atoms with Crippen molar-refractivity contribution in [2.45, 2.75) is 13.0 Å². The third-order valence-corrected chi connectivity index (χ3v) is 2.50. The first kappa shape index (κ1) is 13.0. The lowest BCUT2D eigenvalue weighted by atomic mass is 10.1. The van der Waals surface area contributed by atoms with Crippen molar-refractivity contribution in [3.63, 3.8) is 0 Å². The Labute approximate surface area is 98.9 Å². The number of alkyl halides is 2. The van der Waals surface area contributed by atoms with Crippen LogP contribution in [-0.4, -0.2) is 18.1 Å². The predicted molar refractivity (Wildman–Crippen MR) is 56.1 cm³/mol. The molecule has 0 aliphatic rings. The van der Waals surface area contributed by atoms with Gasteiger partial charge in [0.25, 0.3) is 6.43 Å². The number of aromatic nitrogens is 1. The molecule has 0 aliphatic heterocycles. The summed E-state index contributed by atoms with van der Waals surface area (Å²) in [6, 6.07) is 1.35. The number of nitrogens with zero attached hydrogens (tertiary/aromatic N) is 1. The number of methoxy groups -OCH3 is 1. The van der Waals surface area contributed by atoms with Gasteiger partial charge < -0.3 is 10.5 Å². The predicted octanol–water partition coefficient (Wildman–Crippen LogP) is 2.03. The first-order valence-corrected chi connectivity index (χ1v) is 5.06. The number of nitrogens with two attached hydrogens (primary N) is 1. The van der Waals surface area contributed by atoms with E-state index in [1.165, 1.54) is 6.07 Å². The molecular weight excluding hydrogens is 286 g/mol. The third kappa shape index (κ3) is 2.53. The largest absolute Gasteiger partial charge is 0.464 e. The normalized spacial score (nSPS) is 10.6. The molecule has 88 valence electrons. The number of esters is 1. The van der Waals surface area contributed by atoms with Crippen LogP contribution in [0, 0.1) is 0 Å². The highest BCUT2D eigenvalue weighted by Gasteiger charge is 2.20. The number of pyridine rings is 1. The highest BCUT2D eigenvalue weighted by molar-refractivity contribution is 9.10. The molecule has 0 bridgehead atoms. The summed E-state index contributed by atoms with van der Waals surface area (Å²) in [6.45, 7) is -0.0767. The summed E-state index contributed by atoms with van der Waals surface area (Å²) in [5, 5.41) is 0. The van der Waals surface area contributed by atoms with Crippen LogP contribution in [-0.2, 0) is 11.3 Å². The minimum atomic E-state index is -2.78. The Morgan fingerprint density at radius 1 is 1.69 bits per heavy atom. The number of hydrogen-bond donors (Lipinski definition) is 1. The van der Waals surface area contributed by atoms with E-state index in [-0.39, 0.29) is 22.3 Å². The average Bonchev–Trinajstić information content (AvgIpc) is 2.27. The van der Waals surface area contributed by atoms with Crippen LogP contribution in [0.5, 0.6) is 0 Å². The zero-order chi connectivity index (χ0) is 12.3. The number of hydrogen-bond acceptors (Lipinski definition) is 4. The molecule has 0 unspecified atom stereocenters. The minimum Gasteiger partial charge on any atom is -0.464 e. The Hall–Kier alpha value is -1.08. The zero-order valence-corrected chi connectivity index (χ0v) is 9.92. The summed E-state index contributed by atoms with van der Waals surface area (Å²) < 4.78 is 29.9. The molecule has 0 radical (unpaired) electrons. The van der Waals surface area contributed by atoms with E-state index in [0.29, 0.717) is 0 Å². The second-order valence-corrected chi connectivity index (χ2v) is 3.71. The minimum absolute atomic E-state index is 0.0767. The van der Waals surface area contributed by atoms with E-state index in [1.54, 1.807) is 0 Å². The van der Waals surface area contributed by atoms with Crippen molar-refractivity contribution < 1.29 is 18.3 Å². The summed E-state index contributed by atoms with van der Waals surface area (Å²) in [5.41, 5.74) is 4.82. The Kier molecular flexibility index (Phi) is 4.31. The van der Waals surface area contributed by atoms with E-state index in [4.69, 9.17) is 5.73 Å². The van der Waals surface area contributed by atoms with Crippen molar-refractivity contribution >= 4 is 21.9 Å². The average molecular weight is 295 g/mol. The lowest BCUT2D eigenvalue weighted by Gasteiger charge is -2.09. The van der Waals surface area contributed by atoms with Crippen LogP contribution >= 0.6 is 15.9 Å². The van der Waals surface area contributed by atoms with Gasteiger partial charge in [0.1, 0.15) is 5.69 Å². The maximum absolute atomic E-state index is 12.6. The molecule has 0 atom stereocenters. The molecule has 0 saturated heterocycles. The molecular formula is C9H9BrF2N2O2. The van der Waals surface area contributed by atoms with Crippen LogP contribution in [0.1, 0.15) is 28.2 Å². The standard InChI is InChI=1S/C9H9BrF2N2O2/c1-16-9(15)7-5(10)2-4(3-13)6(14-7)8(11)12/h2,8H,3,13H2,1H3. The maximum Gasteiger partial charge on any atom is 0.357 e. The van der Waals surface area contributed by atoms with Gasteiger partial charge in [-0.15, -0.1) is 0 Å². The molecule has 0 aliphatic carbocycles. The van der Waals surface area contributed by atoms with E-state index >= 15 is 0 Å². The van der Waals surface area contributed by atoms with Gasteiger partial charge in [-0.3, -0.25) is 0 Å². The molecule has 0 amide bonds. The van der Waals surface area contributed by atoms with Crippen LogP contribution in [0.15, 0.2) is 10.5 Å². The topological polar surface area (TPSA) is 65.2 Å². The van der Waals surface area contributed by atoms with Crippen molar-refractivity contribution in [2.75, 3.05) is 7.11 Å². The fraction of sp³-hybridized carbons (Fsp3) is 0.333. The lowest BCUT2D eigenvalue weighted by Crippen LogP contribution is -2.12. The van der Waals surface area contributed by atoms with Gasteiger partial charge in [-0.05, 0) is 27.6 Å². The summed E-state index contributed by atoms with van der Waals surface area (Å²) in [6.07, 6.45) is -2.78. The molecule has 0 aromatic carbocycles. The van der Waals surface area contributed by atoms with Crippen molar-refractivity contribution in [1.82, 2.24) is 4.98 Å². The van der Waals surface area contributed by atoms with Gasteiger partial charge in [0.2, 0.25) is 0 Å². The first-order valence-electron chi connectivity index (χ1n) is 4.27. The monoisotopic (exact) mass is 294 g/mol. The van der Waals surface area contributed by atoms with Gasteiger partial charge in [-0.1, -0.05) is 0 Å². The molecule has 0 saturated carbocycles. The Balaban J connectivity index is 3.33. The third-order valence-electron chi connectivity index (χ3n) is 1.89. The van der Waals surface area contributed by atoms with E-state index < -0.39 is 18.1 Å². The van der Waals surface area contributed by atoms with Gasteiger partial charge in [-0.25, -0.2) is 18.6 Å². The van der Waals surface area contributed by atoms with Crippen LogP contribution < -0.4 is 5.73 Å². The fourth-order valence-electron chi connectivity index (χ4n) is 1.13. The number of halogens is 3. The lowest BCUT2D eigenvalue weighted by molar-refractivity contribution is 0.0591. The Bertz CT molecular complexity index is 413. The summed E-state index contributed by atoms with van der Waals surface area (Å²) in [4.78, 5) is 14.8. The van der Waals surface area contributed by atoms with Gasteiger partial charge >= 0.3 is 5.97 Å². The smallest absolute Gasteiger partial charge is 0.357 e. The first-order chi connectivity index (χ1) is 7.51. The van der Waals surface area contributed by atoms with E-state index in [1.807, 2.05) is 0 Å². The molecule has 4 nitrogen and oxygen atoms in total. The van der Waals surface area contributed by atoms with Crippen LogP contribution in [0.4, 0.5) is 8.78 Å². The van der Waals surface area contributed by atoms with Crippen molar-refractivity contribution in [3.8, 4) is 0 Å². The highest BCUT2D eigenvalue weighted by Crippen LogP contribution is 2.26. The van der Waals surface area contributed by atoms with Gasteiger partial charge in [0.05, 0.1) is 11.6 Å². The Morgan fingerprint density at radius 3 is 2.75 bits per heavy atom.